The Morgan fingerprint density at radius 2 is 1.86 bits per heavy atom. The summed E-state index contributed by atoms with van der Waals surface area (Å²) in [6, 6.07) is 6.92. The van der Waals surface area contributed by atoms with Gasteiger partial charge in [-0.2, -0.15) is 5.26 Å². The molecule has 0 radical (unpaired) electrons. The number of carbonyl (C=O) groups is 2. The van der Waals surface area contributed by atoms with Crippen molar-refractivity contribution in [3.8, 4) is 17.6 Å². The highest BCUT2D eigenvalue weighted by molar-refractivity contribution is 5.79. The second kappa shape index (κ2) is 10.1. The zero-order valence-corrected chi connectivity index (χ0v) is 17.0. The number of rotatable bonds is 6. The molecular weight excluding hydrogens is 370 g/mol. The van der Waals surface area contributed by atoms with E-state index in [-0.39, 0.29) is 24.5 Å². The van der Waals surface area contributed by atoms with Crippen molar-refractivity contribution in [1.29, 1.82) is 5.26 Å². The molecule has 0 aromatic heterocycles. The molecule has 0 atom stereocenters. The van der Waals surface area contributed by atoms with Gasteiger partial charge in [0.25, 0.3) is 5.91 Å². The summed E-state index contributed by atoms with van der Waals surface area (Å²) < 4.78 is 10.8. The summed E-state index contributed by atoms with van der Waals surface area (Å²) in [5.74, 6) is 1.14. The smallest absolute Gasteiger partial charge is 0.258 e. The Morgan fingerprint density at radius 1 is 1.14 bits per heavy atom. The molecule has 3 rings (SSSR count). The Hall–Kier alpha value is -2.75. The second-order valence-corrected chi connectivity index (χ2v) is 7.77. The van der Waals surface area contributed by atoms with E-state index >= 15 is 0 Å². The molecule has 1 aliphatic heterocycles. The lowest BCUT2D eigenvalue weighted by atomic mass is 9.87. The van der Waals surface area contributed by atoms with Gasteiger partial charge in [0.2, 0.25) is 5.91 Å². The minimum atomic E-state index is -0.200. The highest BCUT2D eigenvalue weighted by Gasteiger charge is 2.29. The molecule has 0 spiro atoms. The van der Waals surface area contributed by atoms with Crippen molar-refractivity contribution >= 4 is 11.8 Å². The maximum atomic E-state index is 12.6. The lowest BCUT2D eigenvalue weighted by Crippen LogP contribution is -2.49. The molecule has 7 nitrogen and oxygen atoms in total. The number of amides is 2. The average Bonchev–Trinajstić information content (AvgIpc) is 2.78. The molecule has 1 heterocycles. The van der Waals surface area contributed by atoms with Crippen LogP contribution in [-0.4, -0.2) is 49.6 Å². The maximum absolute atomic E-state index is 12.6. The lowest BCUT2D eigenvalue weighted by Gasteiger charge is -2.35. The topological polar surface area (TPSA) is 91.7 Å². The van der Waals surface area contributed by atoms with Crippen LogP contribution in [0.15, 0.2) is 18.2 Å². The van der Waals surface area contributed by atoms with Crippen LogP contribution in [0, 0.1) is 17.2 Å². The number of methoxy groups -OCH3 is 1. The molecular formula is C22H29N3O4. The predicted molar refractivity (Wildman–Crippen MR) is 108 cm³/mol. The third-order valence-electron chi connectivity index (χ3n) is 5.78. The van der Waals surface area contributed by atoms with Crippen LogP contribution in [0.3, 0.4) is 0 Å². The van der Waals surface area contributed by atoms with Gasteiger partial charge in [-0.15, -0.1) is 0 Å². The van der Waals surface area contributed by atoms with E-state index in [0.717, 1.165) is 38.5 Å². The van der Waals surface area contributed by atoms with E-state index in [1.54, 1.807) is 18.2 Å². The quantitative estimate of drug-likeness (QED) is 0.794. The van der Waals surface area contributed by atoms with Crippen molar-refractivity contribution in [2.45, 2.75) is 51.0 Å². The van der Waals surface area contributed by atoms with Gasteiger partial charge >= 0.3 is 0 Å². The molecule has 1 N–H and O–H groups in total. The molecule has 1 saturated carbocycles. The fraction of sp³-hybridized carbons (Fsp3) is 0.591. The summed E-state index contributed by atoms with van der Waals surface area (Å²) in [5, 5.41) is 11.9. The first-order valence-corrected chi connectivity index (χ1v) is 10.4. The van der Waals surface area contributed by atoms with Gasteiger partial charge in [-0.05, 0) is 37.8 Å². The molecule has 1 saturated heterocycles. The highest BCUT2D eigenvalue weighted by atomic mass is 16.5. The molecule has 2 aliphatic rings. The third-order valence-corrected chi connectivity index (χ3v) is 5.78. The minimum absolute atomic E-state index is 0.0596. The van der Waals surface area contributed by atoms with E-state index in [9.17, 15) is 9.59 Å². The van der Waals surface area contributed by atoms with Gasteiger partial charge in [-0.1, -0.05) is 19.3 Å². The molecule has 0 unspecified atom stereocenters. The van der Waals surface area contributed by atoms with Crippen LogP contribution in [0.4, 0.5) is 0 Å². The first-order valence-electron chi connectivity index (χ1n) is 10.4. The fourth-order valence-corrected chi connectivity index (χ4v) is 4.12. The number of nitrogens with one attached hydrogen (secondary N) is 1. The summed E-state index contributed by atoms with van der Waals surface area (Å²) in [6.45, 7) is 1.28. The zero-order valence-electron chi connectivity index (χ0n) is 17.0. The lowest BCUT2D eigenvalue weighted by molar-refractivity contribution is -0.137. The maximum Gasteiger partial charge on any atom is 0.258 e. The molecule has 2 fully saturated rings. The number of nitriles is 1. The Balaban J connectivity index is 1.42. The van der Waals surface area contributed by atoms with Crippen LogP contribution >= 0.6 is 0 Å². The number of carbonyl (C=O) groups excluding carboxylic acids is 2. The van der Waals surface area contributed by atoms with E-state index in [4.69, 9.17) is 14.7 Å². The Labute approximate surface area is 172 Å². The van der Waals surface area contributed by atoms with Crippen LogP contribution in [-0.2, 0) is 9.59 Å². The summed E-state index contributed by atoms with van der Waals surface area (Å²) in [6.07, 6.45) is 7.14. The number of likely N-dealkylation sites (tertiary alicyclic amines) is 1. The van der Waals surface area contributed by atoms with Crippen LogP contribution in [0.2, 0.25) is 0 Å². The Morgan fingerprint density at radius 3 is 2.52 bits per heavy atom. The van der Waals surface area contributed by atoms with Gasteiger partial charge in [0.05, 0.1) is 18.7 Å². The molecule has 7 heteroatoms. The third kappa shape index (κ3) is 5.63. The monoisotopic (exact) mass is 399 g/mol. The van der Waals surface area contributed by atoms with Gasteiger partial charge in [0.1, 0.15) is 0 Å². The minimum Gasteiger partial charge on any atom is -0.493 e. The summed E-state index contributed by atoms with van der Waals surface area (Å²) in [4.78, 5) is 26.9. The van der Waals surface area contributed by atoms with Crippen molar-refractivity contribution in [2.24, 2.45) is 5.92 Å². The number of nitrogens with zero attached hydrogens (tertiary/aromatic N) is 2. The van der Waals surface area contributed by atoms with E-state index in [2.05, 4.69) is 5.32 Å². The first kappa shape index (κ1) is 21.0. The van der Waals surface area contributed by atoms with Crippen molar-refractivity contribution < 1.29 is 19.1 Å². The number of hydrogen-bond acceptors (Lipinski definition) is 5. The van der Waals surface area contributed by atoms with Crippen molar-refractivity contribution in [2.75, 3.05) is 26.8 Å². The normalized spacial score (nSPS) is 18.0. The molecule has 0 bridgehead atoms. The van der Waals surface area contributed by atoms with Crippen LogP contribution in [0.25, 0.3) is 0 Å². The van der Waals surface area contributed by atoms with Gasteiger partial charge in [-0.3, -0.25) is 9.59 Å². The number of piperidine rings is 1. The molecule has 29 heavy (non-hydrogen) atoms. The second-order valence-electron chi connectivity index (χ2n) is 7.77. The summed E-state index contributed by atoms with van der Waals surface area (Å²) in [7, 11) is 1.49. The van der Waals surface area contributed by atoms with Crippen LogP contribution < -0.4 is 14.8 Å². The van der Waals surface area contributed by atoms with Crippen molar-refractivity contribution in [1.82, 2.24) is 10.2 Å². The average molecular weight is 399 g/mol. The number of hydrogen-bond donors (Lipinski definition) is 1. The fourth-order valence-electron chi connectivity index (χ4n) is 4.12. The van der Waals surface area contributed by atoms with Crippen LogP contribution in [0.5, 0.6) is 11.5 Å². The standard InChI is InChI=1S/C22H29N3O4/c1-28-20-13-16(14-23)7-8-19(20)29-15-21(26)24-18-9-11-25(12-10-18)22(27)17-5-3-2-4-6-17/h7-8,13,17-18H,2-6,9-12,15H2,1H3,(H,24,26). The Bertz CT molecular complexity index is 760. The van der Waals surface area contributed by atoms with Crippen LogP contribution in [0.1, 0.15) is 50.5 Å². The van der Waals surface area contributed by atoms with E-state index in [1.165, 1.54) is 13.5 Å². The van der Waals surface area contributed by atoms with Gasteiger partial charge in [0, 0.05) is 31.1 Å². The van der Waals surface area contributed by atoms with Crippen molar-refractivity contribution in [3.63, 3.8) is 0 Å². The van der Waals surface area contributed by atoms with Gasteiger partial charge in [0.15, 0.2) is 18.1 Å². The summed E-state index contributed by atoms with van der Waals surface area (Å²) >= 11 is 0. The highest BCUT2D eigenvalue weighted by Crippen LogP contribution is 2.28. The summed E-state index contributed by atoms with van der Waals surface area (Å²) in [5.41, 5.74) is 0.466. The molecule has 1 aromatic carbocycles. The number of benzene rings is 1. The van der Waals surface area contributed by atoms with E-state index in [1.807, 2.05) is 11.0 Å². The largest absolute Gasteiger partial charge is 0.493 e. The van der Waals surface area contributed by atoms with Gasteiger partial charge in [-0.25, -0.2) is 0 Å². The van der Waals surface area contributed by atoms with E-state index < -0.39 is 0 Å². The Kier molecular flexibility index (Phi) is 7.34. The molecule has 156 valence electrons. The molecule has 1 aliphatic carbocycles. The SMILES string of the molecule is COc1cc(C#N)ccc1OCC(=O)NC1CCN(C(=O)C2CCCCC2)CC1. The molecule has 2 amide bonds. The van der Waals surface area contributed by atoms with Crippen molar-refractivity contribution in [3.05, 3.63) is 23.8 Å². The number of ether oxygens (including phenoxy) is 2. The van der Waals surface area contributed by atoms with Gasteiger partial charge < -0.3 is 19.7 Å². The predicted octanol–water partition coefficient (Wildman–Crippen LogP) is 2.63. The first-order chi connectivity index (χ1) is 14.1. The molecule has 1 aromatic rings. The zero-order chi connectivity index (χ0) is 20.6. The van der Waals surface area contributed by atoms with E-state index in [0.29, 0.717) is 36.1 Å².